The Labute approximate surface area is 353 Å². The van der Waals surface area contributed by atoms with Gasteiger partial charge < -0.3 is 9.72 Å². The number of nitrogens with one attached hydrogen (secondary N) is 1. The van der Waals surface area contributed by atoms with Crippen LogP contribution in [0.3, 0.4) is 0 Å². The highest BCUT2D eigenvalue weighted by Crippen LogP contribution is 2.35. The third-order valence-corrected chi connectivity index (χ3v) is 8.66. The van der Waals surface area contributed by atoms with Crippen LogP contribution in [-0.4, -0.2) is 36.3 Å². The quantitative estimate of drug-likeness (QED) is 0.0439. The molecule has 0 amide bonds. The molecule has 1 heterocycles. The van der Waals surface area contributed by atoms with E-state index in [0.29, 0.717) is 24.5 Å². The molecule has 0 aliphatic rings. The maximum absolute atomic E-state index is 12.3. The Kier molecular flexibility index (Phi) is 32.2. The molecule has 2 rings (SSSR count). The van der Waals surface area contributed by atoms with E-state index in [-0.39, 0.29) is 5.57 Å². The van der Waals surface area contributed by atoms with Gasteiger partial charge in [-0.3, -0.25) is 4.99 Å². The van der Waals surface area contributed by atoms with Crippen molar-refractivity contribution in [3.05, 3.63) is 94.4 Å². The van der Waals surface area contributed by atoms with E-state index in [0.717, 1.165) is 75.7 Å². The van der Waals surface area contributed by atoms with Crippen LogP contribution < -0.4 is 0 Å². The monoisotopic (exact) mass is 845 g/mol. The van der Waals surface area contributed by atoms with Gasteiger partial charge in [-0.25, -0.2) is 0 Å². The molecule has 0 radical (unpaired) electrons. The van der Waals surface area contributed by atoms with Crippen LogP contribution in [-0.2, 0) is 11.2 Å². The number of halogens is 7. The molecular weight excluding hydrogens is 770 g/mol. The maximum Gasteiger partial charge on any atom is 0.433 e. The third-order valence-electron chi connectivity index (χ3n) is 8.43. The lowest BCUT2D eigenvalue weighted by Gasteiger charge is -2.16. The summed E-state index contributed by atoms with van der Waals surface area (Å²) in [5, 5.41) is 2.09. The molecule has 0 aliphatic heterocycles. The van der Waals surface area contributed by atoms with Crippen molar-refractivity contribution in [2.24, 2.45) is 4.99 Å². The second-order valence-corrected chi connectivity index (χ2v) is 15.0. The summed E-state index contributed by atoms with van der Waals surface area (Å²) in [6.45, 7) is 29.0. The predicted octanol–water partition coefficient (Wildman–Crippen LogP) is 17.7. The average Bonchev–Trinajstić information content (AvgIpc) is 3.48. The number of hydrogen-bond donors (Lipinski definition) is 1. The lowest BCUT2D eigenvalue weighted by Crippen LogP contribution is -2.11. The standard InChI is InChI=1S/C27H38ClN.C10H16F3N.C6H14O.C5H7F3/c1-6-9-11-14-24-25-19-23(28)17-18-26(25)29-27(24)21(5)22(13-10-7-2)16-15-20(4)12-8-3;1-4-6-8(3)14-9(7-5-2)10(11,12)13;1-3-5-7-6-4-2;1-4(2)3-5(6,7)8/h13,15-19,21,29H,4,6-12,14H2,1-3,5H3;7H,4-6H2,1-3H3;3-6H2,1-2H3;1,3H2,2H3/b16-15-,22-13+;9-7-,14-8?;;. The maximum atomic E-state index is 12.3. The number of unbranched alkanes of at least 4 members (excludes halogenated alkanes) is 3. The van der Waals surface area contributed by atoms with Gasteiger partial charge in [-0.2, -0.15) is 26.3 Å². The lowest BCUT2D eigenvalue weighted by atomic mass is 9.90. The van der Waals surface area contributed by atoms with Crippen molar-refractivity contribution in [2.45, 2.75) is 177 Å². The third kappa shape index (κ3) is 27.6. The zero-order valence-electron chi connectivity index (χ0n) is 37.3. The zero-order chi connectivity index (χ0) is 44.7. The molecule has 332 valence electrons. The molecule has 0 bridgehead atoms. The first-order valence-electron chi connectivity index (χ1n) is 21.2. The van der Waals surface area contributed by atoms with E-state index in [9.17, 15) is 26.3 Å². The van der Waals surface area contributed by atoms with Crippen molar-refractivity contribution in [2.75, 3.05) is 13.2 Å². The molecule has 0 fully saturated rings. The lowest BCUT2D eigenvalue weighted by molar-refractivity contribution is -0.126. The first kappa shape index (κ1) is 57.1. The van der Waals surface area contributed by atoms with E-state index >= 15 is 0 Å². The van der Waals surface area contributed by atoms with Crippen molar-refractivity contribution >= 4 is 28.2 Å². The Hall–Kier alpha value is -3.04. The van der Waals surface area contributed by atoms with E-state index in [1.807, 2.05) is 13.0 Å². The summed E-state index contributed by atoms with van der Waals surface area (Å²) in [6.07, 6.45) is 12.0. The van der Waals surface area contributed by atoms with Crippen molar-refractivity contribution in [3.8, 4) is 0 Å². The number of ether oxygens (including phenoxy) is 1. The van der Waals surface area contributed by atoms with Crippen LogP contribution in [0.2, 0.25) is 5.02 Å². The van der Waals surface area contributed by atoms with E-state index in [2.05, 4.69) is 95.0 Å². The smallest absolute Gasteiger partial charge is 0.381 e. The summed E-state index contributed by atoms with van der Waals surface area (Å²) in [4.78, 5) is 7.31. The van der Waals surface area contributed by atoms with E-state index in [1.165, 1.54) is 59.5 Å². The molecule has 3 nitrogen and oxygen atoms in total. The topological polar surface area (TPSA) is 37.4 Å². The fourth-order valence-corrected chi connectivity index (χ4v) is 5.86. The fourth-order valence-electron chi connectivity index (χ4n) is 5.69. The highest BCUT2D eigenvalue weighted by atomic mass is 35.5. The normalized spacial score (nSPS) is 13.0. The Balaban J connectivity index is 0. The predicted molar refractivity (Wildman–Crippen MR) is 240 cm³/mol. The molecule has 0 saturated carbocycles. The number of rotatable bonds is 21. The minimum absolute atomic E-state index is 0.150. The van der Waals surface area contributed by atoms with Crippen LogP contribution in [0, 0.1) is 0 Å². The summed E-state index contributed by atoms with van der Waals surface area (Å²) in [6, 6.07) is 6.22. The first-order valence-corrected chi connectivity index (χ1v) is 21.6. The second kappa shape index (κ2) is 32.8. The molecule has 1 aromatic heterocycles. The summed E-state index contributed by atoms with van der Waals surface area (Å²) >= 11 is 6.34. The second-order valence-electron chi connectivity index (χ2n) is 14.6. The van der Waals surface area contributed by atoms with Crippen LogP contribution in [0.5, 0.6) is 0 Å². The number of aromatic amines is 1. The summed E-state index contributed by atoms with van der Waals surface area (Å²) < 4.78 is 75.9. The van der Waals surface area contributed by atoms with Crippen LogP contribution in [0.15, 0.2) is 83.1 Å². The van der Waals surface area contributed by atoms with Crippen molar-refractivity contribution in [1.82, 2.24) is 4.98 Å². The fraction of sp³-hybridized carbons (Fsp3) is 0.604. The van der Waals surface area contributed by atoms with Crippen molar-refractivity contribution in [3.63, 3.8) is 0 Å². The van der Waals surface area contributed by atoms with Gasteiger partial charge in [0.1, 0.15) is 5.70 Å². The largest absolute Gasteiger partial charge is 0.433 e. The van der Waals surface area contributed by atoms with Gasteiger partial charge in [0.05, 0.1) is 6.42 Å². The summed E-state index contributed by atoms with van der Waals surface area (Å²) in [5.74, 6) is 0.315. The molecular formula is C48H75ClF6N2O. The van der Waals surface area contributed by atoms with Gasteiger partial charge in [0.2, 0.25) is 0 Å². The van der Waals surface area contributed by atoms with Gasteiger partial charge in [0.15, 0.2) is 0 Å². The highest BCUT2D eigenvalue weighted by molar-refractivity contribution is 6.31. The van der Waals surface area contributed by atoms with Gasteiger partial charge in [-0.1, -0.05) is 148 Å². The summed E-state index contributed by atoms with van der Waals surface area (Å²) in [7, 11) is 0. The molecule has 0 spiro atoms. The molecule has 10 heteroatoms. The minimum atomic E-state index is -4.33. The molecule has 2 aromatic rings. The number of aryl methyl sites for hydroxylation is 1. The Morgan fingerprint density at radius 2 is 1.45 bits per heavy atom. The highest BCUT2D eigenvalue weighted by Gasteiger charge is 2.33. The van der Waals surface area contributed by atoms with Gasteiger partial charge >= 0.3 is 12.4 Å². The zero-order valence-corrected chi connectivity index (χ0v) is 38.1. The van der Waals surface area contributed by atoms with Gasteiger partial charge in [-0.05, 0) is 94.5 Å². The van der Waals surface area contributed by atoms with E-state index in [4.69, 9.17) is 16.3 Å². The number of alkyl halides is 6. The van der Waals surface area contributed by atoms with Crippen LogP contribution >= 0.6 is 11.6 Å². The summed E-state index contributed by atoms with van der Waals surface area (Å²) in [5.41, 5.74) is 6.45. The number of fused-ring (bicyclic) bond motifs is 1. The SMILES string of the molecule is C=C(/C=C\C(=C/CCC)C(C)c1[nH]c2ccc(Cl)cc2c1CCCCC)CCC.C=C(C)CC(F)(F)F.CC/C=C(\N=C(C)CCC)C(F)(F)F.CCCOCCC. The Bertz CT molecular complexity index is 1540. The first-order chi connectivity index (χ1) is 27.3. The van der Waals surface area contributed by atoms with Gasteiger partial charge in [0, 0.05) is 46.5 Å². The molecule has 0 saturated heterocycles. The van der Waals surface area contributed by atoms with Crippen LogP contribution in [0.4, 0.5) is 26.3 Å². The van der Waals surface area contributed by atoms with E-state index < -0.39 is 24.5 Å². The molecule has 1 aromatic carbocycles. The van der Waals surface area contributed by atoms with Crippen LogP contribution in [0.25, 0.3) is 10.9 Å². The molecule has 1 atom stereocenters. The average molecular weight is 846 g/mol. The number of aliphatic imine (C=N–C) groups is 1. The molecule has 58 heavy (non-hydrogen) atoms. The van der Waals surface area contributed by atoms with Gasteiger partial charge in [0.25, 0.3) is 0 Å². The molecule has 0 aliphatic carbocycles. The Morgan fingerprint density at radius 1 is 0.828 bits per heavy atom. The number of H-pyrrole nitrogens is 1. The molecule has 1 N–H and O–H groups in total. The number of hydrogen-bond acceptors (Lipinski definition) is 2. The number of aromatic nitrogens is 1. The minimum Gasteiger partial charge on any atom is -0.381 e. The Morgan fingerprint density at radius 3 is 1.91 bits per heavy atom. The number of benzene rings is 1. The van der Waals surface area contributed by atoms with Gasteiger partial charge in [-0.15, -0.1) is 0 Å². The van der Waals surface area contributed by atoms with E-state index in [1.54, 1.807) is 13.8 Å². The van der Waals surface area contributed by atoms with Crippen molar-refractivity contribution in [1.29, 1.82) is 0 Å². The van der Waals surface area contributed by atoms with Crippen molar-refractivity contribution < 1.29 is 31.1 Å². The number of nitrogens with zero attached hydrogens (tertiary/aromatic N) is 1. The number of allylic oxidation sites excluding steroid dienone is 8. The van der Waals surface area contributed by atoms with Crippen LogP contribution in [0.1, 0.15) is 170 Å². The molecule has 1 unspecified atom stereocenters.